The SMILES string of the molecule is [2H]c1c([2H])c([2H])c2c(c1[2H])c1c([2H])c(-n3c4cccc5c4c4c3cccc4n5-c3c([2H])c([2H])c4c(c3[2H])c3c([2H])c([2H])c([2H])c([2H])c3n4-c3ccccc3)c([2H])c([2H])c1n2-c1ccccc1. The number of hydrogen-bond acceptors (Lipinski definition) is 0. The fraction of sp³-hybridized carbons (Fsp3) is 0. The number of hydrogen-bond donors (Lipinski definition) is 0. The van der Waals surface area contributed by atoms with E-state index in [-0.39, 0.29) is 115 Å². The van der Waals surface area contributed by atoms with E-state index in [2.05, 4.69) is 0 Å². The third kappa shape index (κ3) is 3.60. The summed E-state index contributed by atoms with van der Waals surface area (Å²) in [5, 5.41) is 1.51. The normalized spacial score (nSPS) is 16.0. The number of fused-ring (bicyclic) bond motifs is 6. The van der Waals surface area contributed by atoms with E-state index in [4.69, 9.17) is 11.0 Å². The summed E-state index contributed by atoms with van der Waals surface area (Å²) in [5.74, 6) is 0. The molecule has 242 valence electrons. The van der Waals surface area contributed by atoms with Gasteiger partial charge in [-0.3, -0.25) is 0 Å². The van der Waals surface area contributed by atoms with E-state index in [0.717, 1.165) is 0 Å². The second-order valence-corrected chi connectivity index (χ2v) is 12.7. The second kappa shape index (κ2) is 10.3. The van der Waals surface area contributed by atoms with Gasteiger partial charge in [-0.25, -0.2) is 0 Å². The van der Waals surface area contributed by atoms with Gasteiger partial charge >= 0.3 is 0 Å². The highest BCUT2D eigenvalue weighted by Gasteiger charge is 2.23. The summed E-state index contributed by atoms with van der Waals surface area (Å²) in [4.78, 5) is 0. The molecule has 0 spiro atoms. The molecule has 4 heteroatoms. The van der Waals surface area contributed by atoms with Gasteiger partial charge in [0.1, 0.15) is 0 Å². The van der Waals surface area contributed by atoms with Crippen LogP contribution in [-0.2, 0) is 0 Å². The predicted octanol–water partition coefficient (Wildman–Crippen LogP) is 12.4. The van der Waals surface area contributed by atoms with Crippen LogP contribution in [0.2, 0.25) is 0 Å². The Hall–Kier alpha value is -7.04. The van der Waals surface area contributed by atoms with Crippen LogP contribution in [0.1, 0.15) is 19.2 Å². The smallest absolute Gasteiger partial charge is 0.0652 e. The molecule has 0 fully saturated rings. The summed E-state index contributed by atoms with van der Waals surface area (Å²) in [6.45, 7) is 0. The summed E-state index contributed by atoms with van der Waals surface area (Å²) in [5.41, 5.74) is 3.36. The van der Waals surface area contributed by atoms with Crippen molar-refractivity contribution in [3.63, 3.8) is 0 Å². The molecule has 12 aromatic rings. The maximum atomic E-state index is 9.92. The zero-order chi connectivity index (χ0) is 46.1. The minimum absolute atomic E-state index is 0.00912. The molecule has 0 atom stereocenters. The molecule has 4 aromatic heterocycles. The minimum atomic E-state index is -0.496. The largest absolute Gasteiger partial charge is 0.309 e. The summed E-state index contributed by atoms with van der Waals surface area (Å²) in [6, 6.07) is 23.2. The first-order valence-electron chi connectivity index (χ1n) is 23.7. The van der Waals surface area contributed by atoms with Gasteiger partial charge in [-0.15, -0.1) is 0 Å². The third-order valence-electron chi connectivity index (χ3n) is 10.0. The van der Waals surface area contributed by atoms with Crippen LogP contribution < -0.4 is 0 Å². The van der Waals surface area contributed by atoms with E-state index in [0.29, 0.717) is 44.2 Å². The highest BCUT2D eigenvalue weighted by molar-refractivity contribution is 6.25. The molecule has 0 amide bonds. The van der Waals surface area contributed by atoms with E-state index in [9.17, 15) is 8.22 Å². The Morgan fingerprint density at radius 3 is 1.08 bits per heavy atom. The summed E-state index contributed by atoms with van der Waals surface area (Å²) >= 11 is 0. The van der Waals surface area contributed by atoms with Gasteiger partial charge in [0.2, 0.25) is 0 Å². The topological polar surface area (TPSA) is 19.7 Å². The Morgan fingerprint density at radius 1 is 0.288 bits per heavy atom. The van der Waals surface area contributed by atoms with Crippen molar-refractivity contribution in [1.82, 2.24) is 18.3 Å². The van der Waals surface area contributed by atoms with Gasteiger partial charge in [-0.2, -0.15) is 0 Å². The molecular weight excluding hydrogens is 633 g/mol. The number of nitrogens with zero attached hydrogens (tertiary/aromatic N) is 4. The lowest BCUT2D eigenvalue weighted by atomic mass is 10.1. The van der Waals surface area contributed by atoms with Crippen LogP contribution >= 0.6 is 0 Å². The van der Waals surface area contributed by atoms with Gasteiger partial charge in [0.05, 0.1) is 63.3 Å². The molecule has 4 heterocycles. The van der Waals surface area contributed by atoms with Crippen molar-refractivity contribution in [1.29, 1.82) is 0 Å². The van der Waals surface area contributed by atoms with Gasteiger partial charge in [0.15, 0.2) is 0 Å². The molecule has 52 heavy (non-hydrogen) atoms. The highest BCUT2D eigenvalue weighted by atomic mass is 15.0. The zero-order valence-corrected chi connectivity index (χ0v) is 27.0. The van der Waals surface area contributed by atoms with Crippen molar-refractivity contribution >= 4 is 76.5 Å². The van der Waals surface area contributed by atoms with Gasteiger partial charge in [0.25, 0.3) is 0 Å². The first-order valence-corrected chi connectivity index (χ1v) is 16.7. The Balaban J connectivity index is 1.20. The Labute approximate surface area is 318 Å². The van der Waals surface area contributed by atoms with Gasteiger partial charge in [-0.05, 0) is 96.9 Å². The molecule has 0 aliphatic heterocycles. The van der Waals surface area contributed by atoms with Gasteiger partial charge in [0, 0.05) is 55.1 Å². The third-order valence-corrected chi connectivity index (χ3v) is 10.0. The minimum Gasteiger partial charge on any atom is -0.309 e. The van der Waals surface area contributed by atoms with Crippen molar-refractivity contribution in [3.8, 4) is 22.7 Å². The summed E-state index contributed by atoms with van der Waals surface area (Å²) in [6.07, 6.45) is 0. The van der Waals surface area contributed by atoms with Crippen LogP contribution in [0.25, 0.3) is 99.2 Å². The van der Waals surface area contributed by atoms with E-state index in [1.807, 2.05) is 0 Å². The maximum absolute atomic E-state index is 9.92. The average molecular weight is 677 g/mol. The van der Waals surface area contributed by atoms with E-state index in [1.54, 1.807) is 106 Å². The molecule has 0 unspecified atom stereocenters. The number of rotatable bonds is 4. The number of para-hydroxylation sites is 4. The van der Waals surface area contributed by atoms with Crippen LogP contribution in [0, 0.1) is 0 Å². The summed E-state index contributed by atoms with van der Waals surface area (Å²) in [7, 11) is 0. The quantitative estimate of drug-likeness (QED) is 0.177. The van der Waals surface area contributed by atoms with Crippen LogP contribution in [-0.4, -0.2) is 18.3 Å². The fourth-order valence-electron chi connectivity index (χ4n) is 7.96. The van der Waals surface area contributed by atoms with Crippen molar-refractivity contribution < 1.29 is 19.2 Å². The van der Waals surface area contributed by atoms with Crippen molar-refractivity contribution in [3.05, 3.63) is 182 Å². The molecule has 0 radical (unpaired) electrons. The molecule has 8 aromatic carbocycles. The van der Waals surface area contributed by atoms with E-state index >= 15 is 0 Å². The molecule has 0 N–H and O–H groups in total. The fourth-order valence-corrected chi connectivity index (χ4v) is 7.96. The second-order valence-electron chi connectivity index (χ2n) is 12.7. The standard InChI is InChI=1S/C48H30N4/c1-3-13-31(14-4-1)49-39-19-9-7-17-35(39)37-29-33(25-27-41(37)49)51-43-21-11-23-45-47(43)48-44(51)22-12-24-46(48)52(45)34-26-28-42-38(30-34)36-18-8-10-20-40(36)50(42)32-15-5-2-6-16-32/h1-30H/i7D,8D,9D,10D,17D,18D,19D,20D,25D,26D,27D,28D,29D,30D. The molecule has 0 saturated heterocycles. The van der Waals surface area contributed by atoms with Crippen molar-refractivity contribution in [2.45, 2.75) is 0 Å². The lowest BCUT2D eigenvalue weighted by Gasteiger charge is -2.13. The van der Waals surface area contributed by atoms with Crippen molar-refractivity contribution in [2.75, 3.05) is 0 Å². The van der Waals surface area contributed by atoms with E-state index < -0.39 is 24.2 Å². The van der Waals surface area contributed by atoms with Crippen LogP contribution in [0.3, 0.4) is 0 Å². The van der Waals surface area contributed by atoms with Gasteiger partial charge in [-0.1, -0.05) is 84.8 Å². The highest BCUT2D eigenvalue weighted by Crippen LogP contribution is 2.44. The Kier molecular flexibility index (Phi) is 3.50. The van der Waals surface area contributed by atoms with Gasteiger partial charge < -0.3 is 18.3 Å². The van der Waals surface area contributed by atoms with Crippen LogP contribution in [0.5, 0.6) is 0 Å². The monoisotopic (exact) mass is 676 g/mol. The maximum Gasteiger partial charge on any atom is 0.0652 e. The Morgan fingerprint density at radius 2 is 0.654 bits per heavy atom. The first-order chi connectivity index (χ1) is 31.7. The molecule has 0 saturated carbocycles. The molecule has 4 nitrogen and oxygen atoms in total. The molecule has 0 aliphatic carbocycles. The molecule has 12 rings (SSSR count). The van der Waals surface area contributed by atoms with Crippen LogP contribution in [0.4, 0.5) is 0 Å². The Bertz CT molecular complexity index is 3820. The zero-order valence-electron chi connectivity index (χ0n) is 41.0. The average Bonchev–Trinajstić information content (AvgIpc) is 4.08. The summed E-state index contributed by atoms with van der Waals surface area (Å²) < 4.78 is 135. The lowest BCUT2D eigenvalue weighted by molar-refractivity contribution is 1.15. The van der Waals surface area contributed by atoms with Crippen molar-refractivity contribution in [2.24, 2.45) is 0 Å². The molecular formula is C48H30N4. The lowest BCUT2D eigenvalue weighted by Crippen LogP contribution is -1.98. The number of benzene rings is 8. The van der Waals surface area contributed by atoms with E-state index in [1.165, 1.54) is 9.13 Å². The first kappa shape index (κ1) is 17.8. The van der Waals surface area contributed by atoms with Crippen LogP contribution in [0.15, 0.2) is 182 Å². The molecule has 0 aliphatic rings. The number of aromatic nitrogens is 4. The predicted molar refractivity (Wildman–Crippen MR) is 217 cm³/mol. The molecule has 0 bridgehead atoms.